The van der Waals surface area contributed by atoms with Gasteiger partial charge in [0.25, 0.3) is 0 Å². The Morgan fingerprint density at radius 3 is 2.74 bits per heavy atom. The van der Waals surface area contributed by atoms with Crippen LogP contribution in [0.4, 0.5) is 0 Å². The molecule has 2 aromatic carbocycles. The number of hydrogen-bond donors (Lipinski definition) is 1. The lowest BCUT2D eigenvalue weighted by atomic mass is 9.71. The molecule has 1 aliphatic carbocycles. The van der Waals surface area contributed by atoms with Crippen molar-refractivity contribution in [1.82, 2.24) is 4.98 Å². The highest BCUT2D eigenvalue weighted by Gasteiger charge is 2.42. The molecule has 0 bridgehead atoms. The molecule has 0 saturated carbocycles. The summed E-state index contributed by atoms with van der Waals surface area (Å²) in [6, 6.07) is 13.2. The van der Waals surface area contributed by atoms with Crippen LogP contribution in [0.25, 0.3) is 10.9 Å². The van der Waals surface area contributed by atoms with Crippen LogP contribution in [0.15, 0.2) is 36.4 Å². The van der Waals surface area contributed by atoms with Crippen LogP contribution in [-0.4, -0.2) is 35.9 Å². The molecule has 0 spiro atoms. The van der Waals surface area contributed by atoms with Gasteiger partial charge in [0.1, 0.15) is 18.5 Å². The average Bonchev–Trinajstić information content (AvgIpc) is 3.30. The van der Waals surface area contributed by atoms with Gasteiger partial charge in [-0.25, -0.2) is 0 Å². The van der Waals surface area contributed by atoms with E-state index in [1.54, 1.807) is 12.1 Å². The monoisotopic (exact) mass is 416 g/mol. The first-order chi connectivity index (χ1) is 14.7. The first-order valence-electron chi connectivity index (χ1n) is 10.4. The Balaban J connectivity index is 1.57. The van der Waals surface area contributed by atoms with Gasteiger partial charge in [0, 0.05) is 33.1 Å². The molecule has 0 radical (unpaired) electrons. The van der Waals surface area contributed by atoms with E-state index in [1.165, 1.54) is 0 Å². The van der Waals surface area contributed by atoms with Crippen LogP contribution >= 0.6 is 0 Å². The number of ketones is 1. The third-order valence-corrected chi connectivity index (χ3v) is 6.17. The maximum Gasteiger partial charge on any atom is 0.195 e. The van der Waals surface area contributed by atoms with Crippen molar-refractivity contribution < 1.29 is 19.0 Å². The van der Waals surface area contributed by atoms with Crippen molar-refractivity contribution in [3.63, 3.8) is 0 Å². The molecule has 0 amide bonds. The van der Waals surface area contributed by atoms with Gasteiger partial charge in [-0.2, -0.15) is 5.26 Å². The van der Waals surface area contributed by atoms with Crippen molar-refractivity contribution >= 4 is 16.7 Å². The van der Waals surface area contributed by atoms with E-state index in [0.29, 0.717) is 35.7 Å². The SMILES string of the molecule is CC1(C)OC[C@@H](COc2cccc3c2C(C)(C)c2[nH]c4cc(C#N)ccc4c2C3=O)O1. The molecule has 1 saturated heterocycles. The highest BCUT2D eigenvalue weighted by Crippen LogP contribution is 2.47. The quantitative estimate of drug-likeness (QED) is 0.682. The zero-order valence-corrected chi connectivity index (χ0v) is 18.0. The molecule has 3 aromatic rings. The number of ether oxygens (including phenoxy) is 3. The normalized spacial score (nSPS) is 20.9. The first kappa shape index (κ1) is 19.8. The molecule has 1 aliphatic heterocycles. The van der Waals surface area contributed by atoms with Crippen LogP contribution in [-0.2, 0) is 14.9 Å². The number of H-pyrrole nitrogens is 1. The Labute approximate surface area is 180 Å². The smallest absolute Gasteiger partial charge is 0.195 e. The van der Waals surface area contributed by atoms with Gasteiger partial charge < -0.3 is 19.2 Å². The van der Waals surface area contributed by atoms with Gasteiger partial charge in [0.2, 0.25) is 0 Å². The highest BCUT2D eigenvalue weighted by atomic mass is 16.7. The summed E-state index contributed by atoms with van der Waals surface area (Å²) >= 11 is 0. The summed E-state index contributed by atoms with van der Waals surface area (Å²) in [5.41, 5.74) is 3.87. The van der Waals surface area contributed by atoms with Crippen molar-refractivity contribution in [2.45, 2.75) is 45.0 Å². The Morgan fingerprint density at radius 1 is 1.23 bits per heavy atom. The fraction of sp³-hybridized carbons (Fsp3) is 0.360. The van der Waals surface area contributed by atoms with Crippen molar-refractivity contribution in [2.24, 2.45) is 0 Å². The molecule has 6 nitrogen and oxygen atoms in total. The maximum absolute atomic E-state index is 13.5. The standard InChI is InChI=1S/C25H24N2O4/c1-24(2)21-17(6-5-7-19(21)29-12-15-13-30-25(3,4)31-15)22(28)20-16-9-8-14(11-26)10-18(16)27-23(20)24/h5-10,15,27H,12-13H2,1-4H3/t15-/m1/s1. The van der Waals surface area contributed by atoms with Gasteiger partial charge in [0.05, 0.1) is 23.8 Å². The van der Waals surface area contributed by atoms with Gasteiger partial charge in [-0.1, -0.05) is 32.0 Å². The molecule has 6 heteroatoms. The number of carbonyl (C=O) groups is 1. The van der Waals surface area contributed by atoms with E-state index in [0.717, 1.165) is 22.2 Å². The predicted octanol–water partition coefficient (Wildman–Crippen LogP) is 4.44. The molecule has 2 heterocycles. The number of nitrogens with zero attached hydrogens (tertiary/aromatic N) is 1. The number of fused-ring (bicyclic) bond motifs is 4. The van der Waals surface area contributed by atoms with Crippen LogP contribution in [0.5, 0.6) is 5.75 Å². The van der Waals surface area contributed by atoms with E-state index in [9.17, 15) is 10.1 Å². The van der Waals surface area contributed by atoms with E-state index in [-0.39, 0.29) is 11.9 Å². The minimum absolute atomic E-state index is 0.0349. The third-order valence-electron chi connectivity index (χ3n) is 6.17. The third kappa shape index (κ3) is 3.04. The minimum Gasteiger partial charge on any atom is -0.490 e. The number of aromatic amines is 1. The molecule has 1 fully saturated rings. The lowest BCUT2D eigenvalue weighted by Gasteiger charge is -2.33. The van der Waals surface area contributed by atoms with Crippen LogP contribution in [0.1, 0.15) is 60.4 Å². The van der Waals surface area contributed by atoms with Crippen LogP contribution in [0.3, 0.4) is 0 Å². The lowest BCUT2D eigenvalue weighted by Crippen LogP contribution is -2.32. The Kier molecular flexibility index (Phi) is 4.27. The number of rotatable bonds is 3. The van der Waals surface area contributed by atoms with Gasteiger partial charge >= 0.3 is 0 Å². The van der Waals surface area contributed by atoms with Crippen LogP contribution in [0, 0.1) is 11.3 Å². The summed E-state index contributed by atoms with van der Waals surface area (Å²) in [5, 5.41) is 10.1. The average molecular weight is 416 g/mol. The molecule has 158 valence electrons. The zero-order chi connectivity index (χ0) is 22.0. The first-order valence-corrected chi connectivity index (χ1v) is 10.4. The Bertz CT molecular complexity index is 1260. The second-order valence-electron chi connectivity index (χ2n) is 9.14. The molecule has 0 unspecified atom stereocenters. The Morgan fingerprint density at radius 2 is 2.03 bits per heavy atom. The van der Waals surface area contributed by atoms with Crippen LogP contribution in [0.2, 0.25) is 0 Å². The van der Waals surface area contributed by atoms with E-state index < -0.39 is 11.2 Å². The maximum atomic E-state index is 13.5. The zero-order valence-electron chi connectivity index (χ0n) is 18.0. The largest absolute Gasteiger partial charge is 0.490 e. The minimum atomic E-state index is -0.610. The summed E-state index contributed by atoms with van der Waals surface area (Å²) < 4.78 is 17.7. The summed E-state index contributed by atoms with van der Waals surface area (Å²) in [4.78, 5) is 17.0. The molecular weight excluding hydrogens is 392 g/mol. The number of nitriles is 1. The lowest BCUT2D eigenvalue weighted by molar-refractivity contribution is -0.141. The number of hydrogen-bond acceptors (Lipinski definition) is 5. The van der Waals surface area contributed by atoms with E-state index in [1.807, 2.05) is 38.1 Å². The van der Waals surface area contributed by atoms with Crippen molar-refractivity contribution in [2.75, 3.05) is 13.2 Å². The van der Waals surface area contributed by atoms with Gasteiger partial charge in [-0.15, -0.1) is 0 Å². The van der Waals surface area contributed by atoms with Gasteiger partial charge in [0.15, 0.2) is 11.6 Å². The van der Waals surface area contributed by atoms with Crippen molar-refractivity contribution in [1.29, 1.82) is 5.26 Å². The summed E-state index contributed by atoms with van der Waals surface area (Å²) in [5.74, 6) is 0.0273. The second-order valence-corrected chi connectivity index (χ2v) is 9.14. The van der Waals surface area contributed by atoms with Gasteiger partial charge in [-0.3, -0.25) is 4.79 Å². The topological polar surface area (TPSA) is 84.3 Å². The van der Waals surface area contributed by atoms with Gasteiger partial charge in [-0.05, 0) is 32.0 Å². The van der Waals surface area contributed by atoms with Crippen molar-refractivity contribution in [3.8, 4) is 11.8 Å². The fourth-order valence-corrected chi connectivity index (χ4v) is 4.74. The van der Waals surface area contributed by atoms with E-state index >= 15 is 0 Å². The fourth-order valence-electron chi connectivity index (χ4n) is 4.74. The molecule has 1 N–H and O–H groups in total. The molecule has 5 rings (SSSR count). The van der Waals surface area contributed by atoms with Crippen LogP contribution < -0.4 is 4.74 Å². The summed E-state index contributed by atoms with van der Waals surface area (Å²) in [6.45, 7) is 8.75. The van der Waals surface area contributed by atoms with Crippen molar-refractivity contribution in [3.05, 3.63) is 64.3 Å². The molecule has 31 heavy (non-hydrogen) atoms. The van der Waals surface area contributed by atoms with E-state index in [4.69, 9.17) is 14.2 Å². The number of nitrogens with one attached hydrogen (secondary N) is 1. The molecule has 1 atom stereocenters. The number of benzene rings is 2. The number of aromatic nitrogens is 1. The summed E-state index contributed by atoms with van der Waals surface area (Å²) in [6.07, 6.45) is -0.165. The highest BCUT2D eigenvalue weighted by molar-refractivity contribution is 6.20. The molecule has 2 aliphatic rings. The van der Waals surface area contributed by atoms with E-state index in [2.05, 4.69) is 24.9 Å². The molecule has 1 aromatic heterocycles. The summed E-state index contributed by atoms with van der Waals surface area (Å²) in [7, 11) is 0. The molecular formula is C25H24N2O4. The Hall–Kier alpha value is -3.14. The predicted molar refractivity (Wildman–Crippen MR) is 115 cm³/mol. The number of carbonyl (C=O) groups excluding carboxylic acids is 1. The second kappa shape index (κ2) is 6.68.